The molecule has 0 aliphatic rings. The summed E-state index contributed by atoms with van der Waals surface area (Å²) in [5, 5.41) is 8.52. The van der Waals surface area contributed by atoms with E-state index in [0.717, 1.165) is 24.3 Å². The zero-order chi connectivity index (χ0) is 12.0. The van der Waals surface area contributed by atoms with Gasteiger partial charge in [-0.3, -0.25) is 9.78 Å². The van der Waals surface area contributed by atoms with Crippen molar-refractivity contribution in [3.8, 4) is 0 Å². The Morgan fingerprint density at radius 3 is 2.81 bits per heavy atom. The molecule has 16 heavy (non-hydrogen) atoms. The predicted molar refractivity (Wildman–Crippen MR) is 62.2 cm³/mol. The van der Waals surface area contributed by atoms with E-state index in [4.69, 9.17) is 5.11 Å². The lowest BCUT2D eigenvalue weighted by Gasteiger charge is -2.15. The van der Waals surface area contributed by atoms with Crippen LogP contribution in [0.5, 0.6) is 0 Å². The number of hydrogen-bond acceptors (Lipinski definition) is 3. The summed E-state index contributed by atoms with van der Waals surface area (Å²) in [7, 11) is 1.99. The van der Waals surface area contributed by atoms with Gasteiger partial charge in [-0.1, -0.05) is 6.07 Å². The number of aromatic nitrogens is 1. The zero-order valence-corrected chi connectivity index (χ0v) is 9.81. The van der Waals surface area contributed by atoms with E-state index in [2.05, 4.69) is 16.0 Å². The molecular weight excluding hydrogens is 204 g/mol. The van der Waals surface area contributed by atoms with Crippen molar-refractivity contribution in [1.29, 1.82) is 0 Å². The molecule has 1 rings (SSSR count). The molecule has 0 saturated carbocycles. The smallest absolute Gasteiger partial charge is 0.303 e. The molecule has 0 bridgehead atoms. The average Bonchev–Trinajstić information content (AvgIpc) is 2.21. The molecule has 0 radical (unpaired) electrons. The molecule has 0 spiro atoms. The highest BCUT2D eigenvalue weighted by molar-refractivity contribution is 5.66. The Kier molecular flexibility index (Phi) is 4.92. The molecule has 0 aliphatic carbocycles. The lowest BCUT2D eigenvalue weighted by atomic mass is 10.2. The summed E-state index contributed by atoms with van der Waals surface area (Å²) >= 11 is 0. The van der Waals surface area contributed by atoms with Crippen molar-refractivity contribution >= 4 is 5.97 Å². The second kappa shape index (κ2) is 6.23. The molecular formula is C12H18N2O2. The summed E-state index contributed by atoms with van der Waals surface area (Å²) in [6, 6.07) is 4.04. The van der Waals surface area contributed by atoms with Crippen molar-refractivity contribution in [3.63, 3.8) is 0 Å². The summed E-state index contributed by atoms with van der Waals surface area (Å²) in [5.74, 6) is -0.731. The number of carboxylic acid groups (broad SMARTS) is 1. The van der Waals surface area contributed by atoms with E-state index in [-0.39, 0.29) is 6.42 Å². The van der Waals surface area contributed by atoms with Gasteiger partial charge in [-0.05, 0) is 38.6 Å². The largest absolute Gasteiger partial charge is 0.481 e. The van der Waals surface area contributed by atoms with Crippen LogP contribution in [0, 0.1) is 6.92 Å². The SMILES string of the molecule is Cc1ccc(CN(C)CCCC(=O)O)cn1. The molecule has 0 unspecified atom stereocenters. The van der Waals surface area contributed by atoms with Gasteiger partial charge in [0.1, 0.15) is 0 Å². The third-order valence-corrected chi connectivity index (χ3v) is 2.36. The van der Waals surface area contributed by atoms with Crippen LogP contribution in [-0.4, -0.2) is 34.6 Å². The lowest BCUT2D eigenvalue weighted by Crippen LogP contribution is -2.19. The summed E-state index contributed by atoms with van der Waals surface area (Å²) in [6.45, 7) is 3.56. The topological polar surface area (TPSA) is 53.4 Å². The van der Waals surface area contributed by atoms with Gasteiger partial charge in [-0.15, -0.1) is 0 Å². The van der Waals surface area contributed by atoms with Crippen LogP contribution >= 0.6 is 0 Å². The molecule has 4 heteroatoms. The number of hydrogen-bond donors (Lipinski definition) is 1. The van der Waals surface area contributed by atoms with Gasteiger partial charge < -0.3 is 10.0 Å². The van der Waals surface area contributed by atoms with Crippen LogP contribution in [0.25, 0.3) is 0 Å². The number of aryl methyl sites for hydroxylation is 1. The number of carbonyl (C=O) groups is 1. The van der Waals surface area contributed by atoms with Gasteiger partial charge in [0.2, 0.25) is 0 Å². The first kappa shape index (κ1) is 12.6. The maximum atomic E-state index is 10.3. The summed E-state index contributed by atoms with van der Waals surface area (Å²) in [5.41, 5.74) is 2.17. The minimum atomic E-state index is -0.731. The van der Waals surface area contributed by atoms with E-state index < -0.39 is 5.97 Å². The maximum absolute atomic E-state index is 10.3. The molecule has 0 saturated heterocycles. The van der Waals surface area contributed by atoms with Crippen LogP contribution in [0.4, 0.5) is 0 Å². The molecule has 0 atom stereocenters. The lowest BCUT2D eigenvalue weighted by molar-refractivity contribution is -0.137. The quantitative estimate of drug-likeness (QED) is 0.795. The molecule has 88 valence electrons. The second-order valence-electron chi connectivity index (χ2n) is 4.04. The monoisotopic (exact) mass is 222 g/mol. The molecule has 1 aromatic heterocycles. The molecule has 0 fully saturated rings. The van der Waals surface area contributed by atoms with E-state index in [9.17, 15) is 4.79 Å². The van der Waals surface area contributed by atoms with Crippen LogP contribution in [0.2, 0.25) is 0 Å². The van der Waals surface area contributed by atoms with Crippen LogP contribution in [-0.2, 0) is 11.3 Å². The Labute approximate surface area is 95.9 Å². The summed E-state index contributed by atoms with van der Waals surface area (Å²) in [4.78, 5) is 16.7. The van der Waals surface area contributed by atoms with Gasteiger partial charge >= 0.3 is 5.97 Å². The number of nitrogens with zero attached hydrogens (tertiary/aromatic N) is 2. The van der Waals surface area contributed by atoms with Crippen LogP contribution in [0.3, 0.4) is 0 Å². The van der Waals surface area contributed by atoms with Crippen molar-refractivity contribution in [3.05, 3.63) is 29.6 Å². The van der Waals surface area contributed by atoms with E-state index in [1.807, 2.05) is 26.2 Å². The van der Waals surface area contributed by atoms with E-state index in [1.165, 1.54) is 0 Å². The summed E-state index contributed by atoms with van der Waals surface area (Å²) < 4.78 is 0. The van der Waals surface area contributed by atoms with Crippen LogP contribution < -0.4 is 0 Å². The zero-order valence-electron chi connectivity index (χ0n) is 9.81. The fourth-order valence-electron chi connectivity index (χ4n) is 1.48. The Morgan fingerprint density at radius 2 is 2.25 bits per heavy atom. The van der Waals surface area contributed by atoms with Crippen LogP contribution in [0.15, 0.2) is 18.3 Å². The highest BCUT2D eigenvalue weighted by Gasteiger charge is 2.02. The minimum Gasteiger partial charge on any atom is -0.481 e. The molecule has 1 aromatic rings. The van der Waals surface area contributed by atoms with Gasteiger partial charge in [0, 0.05) is 24.9 Å². The Balaban J connectivity index is 2.31. The fraction of sp³-hybridized carbons (Fsp3) is 0.500. The average molecular weight is 222 g/mol. The Hall–Kier alpha value is -1.42. The van der Waals surface area contributed by atoms with Crippen LogP contribution in [0.1, 0.15) is 24.1 Å². The highest BCUT2D eigenvalue weighted by Crippen LogP contribution is 2.04. The molecule has 1 heterocycles. The minimum absolute atomic E-state index is 0.233. The second-order valence-corrected chi connectivity index (χ2v) is 4.04. The van der Waals surface area contributed by atoms with Crippen molar-refractivity contribution in [2.45, 2.75) is 26.3 Å². The van der Waals surface area contributed by atoms with Crippen molar-refractivity contribution in [1.82, 2.24) is 9.88 Å². The van der Waals surface area contributed by atoms with Gasteiger partial charge in [-0.2, -0.15) is 0 Å². The molecule has 0 amide bonds. The van der Waals surface area contributed by atoms with Gasteiger partial charge in [-0.25, -0.2) is 0 Å². The molecule has 0 aliphatic heterocycles. The first-order valence-corrected chi connectivity index (χ1v) is 5.40. The van der Waals surface area contributed by atoms with Crippen molar-refractivity contribution in [2.75, 3.05) is 13.6 Å². The number of rotatable bonds is 6. The van der Waals surface area contributed by atoms with E-state index in [1.54, 1.807) is 0 Å². The number of aliphatic carboxylic acids is 1. The number of carboxylic acids is 1. The third kappa shape index (κ3) is 4.89. The molecule has 4 nitrogen and oxygen atoms in total. The Bertz CT molecular complexity index is 335. The number of pyridine rings is 1. The Morgan fingerprint density at radius 1 is 1.50 bits per heavy atom. The van der Waals surface area contributed by atoms with Gasteiger partial charge in [0.15, 0.2) is 0 Å². The highest BCUT2D eigenvalue weighted by atomic mass is 16.4. The van der Waals surface area contributed by atoms with Gasteiger partial charge in [0.25, 0.3) is 0 Å². The molecule has 1 N–H and O–H groups in total. The molecule has 0 aromatic carbocycles. The maximum Gasteiger partial charge on any atom is 0.303 e. The first-order chi connectivity index (χ1) is 7.58. The first-order valence-electron chi connectivity index (χ1n) is 5.40. The fourth-order valence-corrected chi connectivity index (χ4v) is 1.48. The third-order valence-electron chi connectivity index (χ3n) is 2.36. The predicted octanol–water partition coefficient (Wildman–Crippen LogP) is 1.69. The van der Waals surface area contributed by atoms with E-state index in [0.29, 0.717) is 6.42 Å². The van der Waals surface area contributed by atoms with Crippen molar-refractivity contribution < 1.29 is 9.90 Å². The van der Waals surface area contributed by atoms with Crippen molar-refractivity contribution in [2.24, 2.45) is 0 Å². The van der Waals surface area contributed by atoms with E-state index >= 15 is 0 Å². The summed E-state index contributed by atoms with van der Waals surface area (Å²) in [6.07, 6.45) is 2.78. The standard InChI is InChI=1S/C12H18N2O2/c1-10-5-6-11(8-13-10)9-14(2)7-3-4-12(15)16/h5-6,8H,3-4,7,9H2,1-2H3,(H,15,16). The normalized spacial score (nSPS) is 10.7. The van der Waals surface area contributed by atoms with Gasteiger partial charge in [0.05, 0.1) is 0 Å².